The van der Waals surface area contributed by atoms with Gasteiger partial charge in [-0.15, -0.1) is 0 Å². The van der Waals surface area contributed by atoms with Crippen molar-refractivity contribution in [2.24, 2.45) is 0 Å². The Bertz CT molecular complexity index is 315. The lowest BCUT2D eigenvalue weighted by atomic mass is 10.1. The Kier molecular flexibility index (Phi) is 2.75. The van der Waals surface area contributed by atoms with Crippen LogP contribution < -0.4 is 0 Å². The number of benzene rings is 1. The number of aldehydes is 1. The van der Waals surface area contributed by atoms with Crippen LogP contribution in [0.5, 0.6) is 0 Å². The molecule has 1 rings (SSSR count). The van der Waals surface area contributed by atoms with Gasteiger partial charge in [0.05, 0.1) is 0 Å². The second-order valence-corrected chi connectivity index (χ2v) is 2.50. The molecule has 0 unspecified atom stereocenters. The minimum Gasteiger partial charge on any atom is -0.295 e. The molecule has 0 heterocycles. The van der Waals surface area contributed by atoms with Gasteiger partial charge in [0.25, 0.3) is 0 Å². The minimum absolute atomic E-state index is 0.201. The average Bonchev–Trinajstić information content (AvgIpc) is 2.09. The van der Waals surface area contributed by atoms with Gasteiger partial charge in [-0.05, 0) is 24.1 Å². The quantitative estimate of drug-likeness (QED) is 0.485. The molecule has 1 nitrogen and oxygen atoms in total. The van der Waals surface area contributed by atoms with Crippen molar-refractivity contribution in [1.82, 2.24) is 0 Å². The summed E-state index contributed by atoms with van der Waals surface area (Å²) in [4.78, 5) is 9.98. The number of carbonyl (C=O) groups is 1. The molecule has 0 radical (unpaired) electrons. The van der Waals surface area contributed by atoms with Crippen LogP contribution in [-0.4, -0.2) is 6.29 Å². The zero-order valence-electron chi connectivity index (χ0n) is 6.75. The van der Waals surface area contributed by atoms with Gasteiger partial charge in [-0.1, -0.05) is 24.3 Å². The van der Waals surface area contributed by atoms with Gasteiger partial charge in [-0.3, -0.25) is 4.79 Å². The van der Waals surface area contributed by atoms with E-state index in [9.17, 15) is 9.18 Å². The third-order valence-electron chi connectivity index (χ3n) is 1.59. The minimum atomic E-state index is -0.746. The summed E-state index contributed by atoms with van der Waals surface area (Å²) in [5.41, 5.74) is 1.69. The fraction of sp³-hybridized carbons (Fsp3) is 0.100. The highest BCUT2D eigenvalue weighted by molar-refractivity contribution is 5.79. The molecule has 0 aliphatic carbocycles. The van der Waals surface area contributed by atoms with Crippen LogP contribution in [-0.2, 0) is 4.79 Å². The second-order valence-electron chi connectivity index (χ2n) is 2.50. The summed E-state index contributed by atoms with van der Waals surface area (Å²) < 4.78 is 12.5. The molecule has 0 fully saturated rings. The lowest BCUT2D eigenvalue weighted by Gasteiger charge is -1.97. The molecule has 62 valence electrons. The van der Waals surface area contributed by atoms with Crippen molar-refractivity contribution in [3.05, 3.63) is 41.2 Å². The molecule has 1 aromatic carbocycles. The van der Waals surface area contributed by atoms with E-state index in [1.807, 2.05) is 19.1 Å². The normalized spacial score (nSPS) is 11.3. The molecule has 12 heavy (non-hydrogen) atoms. The second kappa shape index (κ2) is 3.81. The fourth-order valence-electron chi connectivity index (χ4n) is 0.931. The zero-order chi connectivity index (χ0) is 8.97. The summed E-state index contributed by atoms with van der Waals surface area (Å²) in [7, 11) is 0. The highest BCUT2D eigenvalue weighted by atomic mass is 19.1. The van der Waals surface area contributed by atoms with Crippen LogP contribution in [0.15, 0.2) is 30.1 Å². The molecule has 0 bridgehead atoms. The van der Waals surface area contributed by atoms with E-state index in [4.69, 9.17) is 0 Å². The van der Waals surface area contributed by atoms with Crippen LogP contribution in [0, 0.1) is 6.92 Å². The van der Waals surface area contributed by atoms with Crippen molar-refractivity contribution in [2.75, 3.05) is 0 Å². The first-order chi connectivity index (χ1) is 5.74. The maximum absolute atomic E-state index is 12.5. The summed E-state index contributed by atoms with van der Waals surface area (Å²) in [6.45, 7) is 1.86. The molecule has 0 amide bonds. The molecule has 0 N–H and O–H groups in total. The van der Waals surface area contributed by atoms with Crippen molar-refractivity contribution in [3.63, 3.8) is 0 Å². The molecular formula is C10H9FO. The SMILES string of the molecule is Cc1ccccc1/C=C(/F)C=O. The zero-order valence-corrected chi connectivity index (χ0v) is 6.75. The van der Waals surface area contributed by atoms with Crippen molar-refractivity contribution >= 4 is 12.4 Å². The van der Waals surface area contributed by atoms with E-state index >= 15 is 0 Å². The van der Waals surface area contributed by atoms with Crippen molar-refractivity contribution in [1.29, 1.82) is 0 Å². The molecule has 0 saturated carbocycles. The van der Waals surface area contributed by atoms with Gasteiger partial charge in [-0.2, -0.15) is 0 Å². The maximum atomic E-state index is 12.5. The smallest absolute Gasteiger partial charge is 0.178 e. The topological polar surface area (TPSA) is 17.1 Å². The molecule has 0 aliphatic heterocycles. The van der Waals surface area contributed by atoms with Crippen molar-refractivity contribution in [3.8, 4) is 0 Å². The molecule has 0 aliphatic rings. The van der Waals surface area contributed by atoms with Crippen LogP contribution in [0.2, 0.25) is 0 Å². The largest absolute Gasteiger partial charge is 0.295 e. The monoisotopic (exact) mass is 164 g/mol. The van der Waals surface area contributed by atoms with Crippen molar-refractivity contribution in [2.45, 2.75) is 6.92 Å². The average molecular weight is 164 g/mol. The van der Waals surface area contributed by atoms with Crippen molar-refractivity contribution < 1.29 is 9.18 Å². The molecule has 2 heteroatoms. The lowest BCUT2D eigenvalue weighted by Crippen LogP contribution is -1.80. The molecular weight excluding hydrogens is 155 g/mol. The Balaban J connectivity index is 3.04. The first-order valence-corrected chi connectivity index (χ1v) is 3.62. The third kappa shape index (κ3) is 2.02. The van der Waals surface area contributed by atoms with E-state index in [2.05, 4.69) is 0 Å². The number of hydrogen-bond acceptors (Lipinski definition) is 1. The first-order valence-electron chi connectivity index (χ1n) is 3.62. The van der Waals surface area contributed by atoms with Gasteiger partial charge in [0.1, 0.15) is 0 Å². The molecule has 0 saturated heterocycles. The number of rotatable bonds is 2. The summed E-state index contributed by atoms with van der Waals surface area (Å²) in [5, 5.41) is 0. The Morgan fingerprint density at radius 3 is 2.67 bits per heavy atom. The summed E-state index contributed by atoms with van der Waals surface area (Å²) in [6, 6.07) is 7.30. The number of hydrogen-bond donors (Lipinski definition) is 0. The van der Waals surface area contributed by atoms with E-state index in [-0.39, 0.29) is 6.29 Å². The highest BCUT2D eigenvalue weighted by Crippen LogP contribution is 2.11. The van der Waals surface area contributed by atoms with Crippen LogP contribution >= 0.6 is 0 Å². The predicted octanol–water partition coefficient (Wildman–Crippen LogP) is 2.50. The third-order valence-corrected chi connectivity index (χ3v) is 1.59. The Morgan fingerprint density at radius 1 is 1.42 bits per heavy atom. The standard InChI is InChI=1S/C10H9FO/c1-8-4-2-3-5-9(8)6-10(11)7-12/h2-7H,1H3/b10-6+. The highest BCUT2D eigenvalue weighted by Gasteiger charge is 1.95. The van der Waals surface area contributed by atoms with Gasteiger partial charge in [0.2, 0.25) is 0 Å². The summed E-state index contributed by atoms with van der Waals surface area (Å²) in [5.74, 6) is -0.746. The van der Waals surface area contributed by atoms with Crippen LogP contribution in [0.4, 0.5) is 4.39 Å². The van der Waals surface area contributed by atoms with Gasteiger partial charge in [0, 0.05) is 0 Å². The molecule has 1 aromatic rings. The maximum Gasteiger partial charge on any atom is 0.178 e. The number of allylic oxidation sites excluding steroid dienone is 1. The Morgan fingerprint density at radius 2 is 2.08 bits per heavy atom. The Labute approximate surface area is 70.5 Å². The molecule has 0 aromatic heterocycles. The Hall–Kier alpha value is -1.44. The number of aryl methyl sites for hydroxylation is 1. The van der Waals surface area contributed by atoms with Crippen LogP contribution in [0.3, 0.4) is 0 Å². The number of carbonyl (C=O) groups excluding carboxylic acids is 1. The van der Waals surface area contributed by atoms with E-state index in [0.29, 0.717) is 0 Å². The van der Waals surface area contributed by atoms with E-state index in [1.54, 1.807) is 12.1 Å². The van der Waals surface area contributed by atoms with Gasteiger partial charge < -0.3 is 0 Å². The lowest BCUT2D eigenvalue weighted by molar-refractivity contribution is -0.106. The van der Waals surface area contributed by atoms with Gasteiger partial charge in [-0.25, -0.2) is 4.39 Å². The number of halogens is 1. The summed E-state index contributed by atoms with van der Waals surface area (Å²) >= 11 is 0. The predicted molar refractivity (Wildman–Crippen MR) is 46.3 cm³/mol. The molecule has 0 atom stereocenters. The van der Waals surface area contributed by atoms with E-state index in [0.717, 1.165) is 11.1 Å². The van der Waals surface area contributed by atoms with E-state index < -0.39 is 5.83 Å². The first kappa shape index (κ1) is 8.65. The van der Waals surface area contributed by atoms with E-state index in [1.165, 1.54) is 6.08 Å². The fourth-order valence-corrected chi connectivity index (χ4v) is 0.931. The van der Waals surface area contributed by atoms with Crippen LogP contribution in [0.25, 0.3) is 6.08 Å². The van der Waals surface area contributed by atoms with Gasteiger partial charge >= 0.3 is 0 Å². The molecule has 0 spiro atoms. The van der Waals surface area contributed by atoms with Crippen LogP contribution in [0.1, 0.15) is 11.1 Å². The van der Waals surface area contributed by atoms with Gasteiger partial charge in [0.15, 0.2) is 12.1 Å². The summed E-state index contributed by atoms with van der Waals surface area (Å²) in [6.07, 6.45) is 1.43.